The molecule has 0 aromatic rings. The van der Waals surface area contributed by atoms with Crippen LogP contribution in [0.15, 0.2) is 0 Å². The number of piperidine rings is 2. The number of nitrogens with one attached hydrogen (secondary N) is 1. The number of rotatable bonds is 3. The summed E-state index contributed by atoms with van der Waals surface area (Å²) < 4.78 is 24.7. The quantitative estimate of drug-likeness (QED) is 0.829. The molecule has 17 heavy (non-hydrogen) atoms. The van der Waals surface area contributed by atoms with E-state index in [1.165, 1.54) is 31.9 Å². The van der Waals surface area contributed by atoms with Gasteiger partial charge in [0.05, 0.1) is 6.26 Å². The predicted molar refractivity (Wildman–Crippen MR) is 69.4 cm³/mol. The molecule has 0 amide bonds. The van der Waals surface area contributed by atoms with Crippen LogP contribution >= 0.6 is 0 Å². The maximum Gasteiger partial charge on any atom is 0.211 e. The predicted octanol–water partition coefficient (Wildman–Crippen LogP) is 1.19. The van der Waals surface area contributed by atoms with E-state index in [4.69, 9.17) is 0 Å². The molecule has 0 aromatic heterocycles. The normalized spacial score (nSPS) is 32.5. The standard InChI is InChI=1S/C12H24N2O2S/c1-17(15,16)14-8-4-5-11(10-14)9-12-6-2-3-7-13-12/h11-13H,2-10H2,1H3. The Labute approximate surface area is 105 Å². The van der Waals surface area contributed by atoms with Crippen LogP contribution in [-0.4, -0.2) is 44.7 Å². The third kappa shape index (κ3) is 3.93. The van der Waals surface area contributed by atoms with Gasteiger partial charge in [-0.3, -0.25) is 0 Å². The Morgan fingerprint density at radius 3 is 2.71 bits per heavy atom. The lowest BCUT2D eigenvalue weighted by molar-refractivity contribution is 0.226. The highest BCUT2D eigenvalue weighted by molar-refractivity contribution is 7.88. The topological polar surface area (TPSA) is 49.4 Å². The van der Waals surface area contributed by atoms with Crippen molar-refractivity contribution in [1.82, 2.24) is 9.62 Å². The molecule has 2 atom stereocenters. The van der Waals surface area contributed by atoms with Gasteiger partial charge in [-0.05, 0) is 44.6 Å². The summed E-state index contributed by atoms with van der Waals surface area (Å²) in [5.74, 6) is 0.550. The van der Waals surface area contributed by atoms with Crippen LogP contribution in [0.1, 0.15) is 38.5 Å². The van der Waals surface area contributed by atoms with E-state index in [1.54, 1.807) is 4.31 Å². The minimum absolute atomic E-state index is 0.550. The Bertz CT molecular complexity index is 336. The molecular formula is C12H24N2O2S. The van der Waals surface area contributed by atoms with E-state index in [2.05, 4.69) is 5.32 Å². The highest BCUT2D eigenvalue weighted by Gasteiger charge is 2.27. The molecule has 2 heterocycles. The van der Waals surface area contributed by atoms with Gasteiger partial charge in [-0.1, -0.05) is 6.42 Å². The molecule has 5 heteroatoms. The van der Waals surface area contributed by atoms with Crippen LogP contribution in [0.25, 0.3) is 0 Å². The Morgan fingerprint density at radius 1 is 1.24 bits per heavy atom. The van der Waals surface area contributed by atoms with Crippen LogP contribution in [0.4, 0.5) is 0 Å². The largest absolute Gasteiger partial charge is 0.314 e. The molecule has 0 aromatic carbocycles. The fourth-order valence-corrected chi connectivity index (χ4v) is 3.99. The third-order valence-electron chi connectivity index (χ3n) is 3.98. The summed E-state index contributed by atoms with van der Waals surface area (Å²) in [6.45, 7) is 2.58. The first kappa shape index (κ1) is 13.3. The van der Waals surface area contributed by atoms with Gasteiger partial charge in [-0.15, -0.1) is 0 Å². The molecule has 100 valence electrons. The van der Waals surface area contributed by atoms with Crippen molar-refractivity contribution in [1.29, 1.82) is 0 Å². The number of nitrogens with zero attached hydrogens (tertiary/aromatic N) is 1. The van der Waals surface area contributed by atoms with Crippen molar-refractivity contribution in [3.8, 4) is 0 Å². The number of sulfonamides is 1. The fourth-order valence-electron chi connectivity index (χ4n) is 3.05. The van der Waals surface area contributed by atoms with Gasteiger partial charge in [0.1, 0.15) is 0 Å². The Balaban J connectivity index is 1.84. The van der Waals surface area contributed by atoms with E-state index in [0.29, 0.717) is 18.5 Å². The zero-order valence-corrected chi connectivity index (χ0v) is 11.5. The first-order valence-corrected chi connectivity index (χ1v) is 8.59. The molecule has 2 fully saturated rings. The molecule has 2 rings (SSSR count). The van der Waals surface area contributed by atoms with Crippen LogP contribution in [0, 0.1) is 5.92 Å². The van der Waals surface area contributed by atoms with Crippen molar-refractivity contribution in [2.75, 3.05) is 25.9 Å². The minimum Gasteiger partial charge on any atom is -0.314 e. The van der Waals surface area contributed by atoms with Crippen molar-refractivity contribution >= 4 is 10.0 Å². The van der Waals surface area contributed by atoms with Crippen molar-refractivity contribution < 1.29 is 8.42 Å². The number of hydrogen-bond donors (Lipinski definition) is 1. The van der Waals surface area contributed by atoms with E-state index in [9.17, 15) is 8.42 Å². The molecule has 0 aliphatic carbocycles. The van der Waals surface area contributed by atoms with Crippen LogP contribution in [-0.2, 0) is 10.0 Å². The summed E-state index contributed by atoms with van der Waals surface area (Å²) in [5.41, 5.74) is 0. The second-order valence-corrected chi connectivity index (χ2v) is 7.49. The lowest BCUT2D eigenvalue weighted by Gasteiger charge is -2.34. The van der Waals surface area contributed by atoms with E-state index in [0.717, 1.165) is 25.9 Å². The maximum atomic E-state index is 11.5. The van der Waals surface area contributed by atoms with Crippen LogP contribution < -0.4 is 5.32 Å². The zero-order chi connectivity index (χ0) is 12.3. The summed E-state index contributed by atoms with van der Waals surface area (Å²) in [7, 11) is -2.99. The molecule has 0 radical (unpaired) electrons. The fraction of sp³-hybridized carbons (Fsp3) is 1.00. The summed E-state index contributed by atoms with van der Waals surface area (Å²) in [6.07, 6.45) is 8.54. The Hall–Kier alpha value is -0.130. The van der Waals surface area contributed by atoms with E-state index in [1.807, 2.05) is 0 Å². The lowest BCUT2D eigenvalue weighted by Crippen LogP contribution is -2.42. The van der Waals surface area contributed by atoms with Gasteiger partial charge in [0.2, 0.25) is 10.0 Å². The minimum atomic E-state index is -2.99. The number of hydrogen-bond acceptors (Lipinski definition) is 3. The molecule has 2 unspecified atom stereocenters. The van der Waals surface area contributed by atoms with Gasteiger partial charge in [0.15, 0.2) is 0 Å². The van der Waals surface area contributed by atoms with E-state index >= 15 is 0 Å². The molecule has 4 nitrogen and oxygen atoms in total. The second kappa shape index (κ2) is 5.67. The SMILES string of the molecule is CS(=O)(=O)N1CCCC(CC2CCCCN2)C1. The molecule has 2 saturated heterocycles. The maximum absolute atomic E-state index is 11.5. The van der Waals surface area contributed by atoms with Crippen LogP contribution in [0.5, 0.6) is 0 Å². The van der Waals surface area contributed by atoms with E-state index < -0.39 is 10.0 Å². The smallest absolute Gasteiger partial charge is 0.211 e. The Morgan fingerprint density at radius 2 is 2.06 bits per heavy atom. The highest BCUT2D eigenvalue weighted by Crippen LogP contribution is 2.24. The van der Waals surface area contributed by atoms with E-state index in [-0.39, 0.29) is 0 Å². The van der Waals surface area contributed by atoms with Crippen LogP contribution in [0.3, 0.4) is 0 Å². The highest BCUT2D eigenvalue weighted by atomic mass is 32.2. The molecule has 2 aliphatic heterocycles. The summed E-state index contributed by atoms with van der Waals surface area (Å²) in [6, 6.07) is 0.619. The molecule has 2 aliphatic rings. The molecule has 0 bridgehead atoms. The van der Waals surface area contributed by atoms with Gasteiger partial charge < -0.3 is 5.32 Å². The monoisotopic (exact) mass is 260 g/mol. The lowest BCUT2D eigenvalue weighted by atomic mass is 9.89. The van der Waals surface area contributed by atoms with Gasteiger partial charge in [-0.2, -0.15) is 0 Å². The zero-order valence-electron chi connectivity index (χ0n) is 10.7. The summed E-state index contributed by atoms with van der Waals surface area (Å²) >= 11 is 0. The molecule has 1 N–H and O–H groups in total. The van der Waals surface area contributed by atoms with Gasteiger partial charge in [0.25, 0.3) is 0 Å². The van der Waals surface area contributed by atoms with Gasteiger partial charge >= 0.3 is 0 Å². The first-order valence-electron chi connectivity index (χ1n) is 6.74. The van der Waals surface area contributed by atoms with Gasteiger partial charge in [-0.25, -0.2) is 12.7 Å². The van der Waals surface area contributed by atoms with Crippen molar-refractivity contribution in [3.63, 3.8) is 0 Å². The molecule has 0 saturated carbocycles. The average Bonchev–Trinajstić information content (AvgIpc) is 2.29. The van der Waals surface area contributed by atoms with Crippen molar-refractivity contribution in [2.45, 2.75) is 44.6 Å². The molecule has 0 spiro atoms. The third-order valence-corrected chi connectivity index (χ3v) is 5.25. The van der Waals surface area contributed by atoms with Crippen molar-refractivity contribution in [3.05, 3.63) is 0 Å². The van der Waals surface area contributed by atoms with Crippen molar-refractivity contribution in [2.24, 2.45) is 5.92 Å². The first-order chi connectivity index (χ1) is 8.05. The average molecular weight is 260 g/mol. The summed E-state index contributed by atoms with van der Waals surface area (Å²) in [4.78, 5) is 0. The summed E-state index contributed by atoms with van der Waals surface area (Å²) in [5, 5.41) is 3.55. The van der Waals surface area contributed by atoms with Gasteiger partial charge in [0, 0.05) is 19.1 Å². The second-order valence-electron chi connectivity index (χ2n) is 5.51. The van der Waals surface area contributed by atoms with Crippen LogP contribution in [0.2, 0.25) is 0 Å². The molecular weight excluding hydrogens is 236 g/mol. The Kier molecular flexibility index (Phi) is 4.44.